The van der Waals surface area contributed by atoms with Gasteiger partial charge < -0.3 is 10.3 Å². The number of nitrogens with zero attached hydrogens (tertiary/aromatic N) is 1. The van der Waals surface area contributed by atoms with Gasteiger partial charge in [0.2, 0.25) is 5.95 Å². The third-order valence-corrected chi connectivity index (χ3v) is 3.66. The van der Waals surface area contributed by atoms with Crippen LogP contribution in [0.1, 0.15) is 15.9 Å². The topological polar surface area (TPSA) is 90.0 Å². The first kappa shape index (κ1) is 14.4. The number of fused-ring (bicyclic) bond motifs is 1. The van der Waals surface area contributed by atoms with Gasteiger partial charge in [0.1, 0.15) is 0 Å². The van der Waals surface area contributed by atoms with Crippen molar-refractivity contribution in [3.05, 3.63) is 52.5 Å². The third-order valence-electron chi connectivity index (χ3n) is 3.25. The molecule has 1 heterocycles. The van der Waals surface area contributed by atoms with E-state index in [0.717, 1.165) is 16.6 Å². The summed E-state index contributed by atoms with van der Waals surface area (Å²) in [6.45, 7) is 1.92. The Labute approximate surface area is 131 Å². The van der Waals surface area contributed by atoms with Crippen molar-refractivity contribution in [1.29, 1.82) is 0 Å². The van der Waals surface area contributed by atoms with Crippen LogP contribution in [-0.4, -0.2) is 21.1 Å². The number of benzene rings is 2. The Morgan fingerprint density at radius 3 is 2.91 bits per heavy atom. The molecule has 2 aromatic carbocycles. The molecule has 0 aliphatic rings. The van der Waals surface area contributed by atoms with Crippen LogP contribution in [-0.2, 0) is 0 Å². The van der Waals surface area contributed by atoms with Gasteiger partial charge in [0.15, 0.2) is 0 Å². The van der Waals surface area contributed by atoms with E-state index >= 15 is 0 Å². The van der Waals surface area contributed by atoms with Crippen LogP contribution >= 0.6 is 11.6 Å². The monoisotopic (exact) mass is 316 g/mol. The van der Waals surface area contributed by atoms with Crippen molar-refractivity contribution in [3.63, 3.8) is 0 Å². The highest BCUT2D eigenvalue weighted by Gasteiger charge is 2.08. The summed E-state index contributed by atoms with van der Waals surface area (Å²) in [5, 5.41) is 12.4. The number of aromatic nitrogens is 2. The Morgan fingerprint density at radius 2 is 2.14 bits per heavy atom. The van der Waals surface area contributed by atoms with Gasteiger partial charge in [-0.1, -0.05) is 17.7 Å². The molecular formula is C15H13ClN4O2. The molecule has 1 aromatic heterocycles. The molecule has 0 saturated heterocycles. The molecule has 112 valence electrons. The van der Waals surface area contributed by atoms with Crippen molar-refractivity contribution in [1.82, 2.24) is 15.4 Å². The number of rotatable bonds is 3. The van der Waals surface area contributed by atoms with Crippen molar-refractivity contribution >= 4 is 40.2 Å². The highest BCUT2D eigenvalue weighted by molar-refractivity contribution is 6.32. The molecule has 3 aromatic rings. The molecule has 4 N–H and O–H groups in total. The van der Waals surface area contributed by atoms with E-state index in [-0.39, 0.29) is 0 Å². The molecule has 0 fully saturated rings. The Balaban J connectivity index is 1.91. The molecule has 0 bridgehead atoms. The molecule has 0 unspecified atom stereocenters. The fraction of sp³-hybridized carbons (Fsp3) is 0.0667. The minimum absolute atomic E-state index is 0.336. The zero-order valence-corrected chi connectivity index (χ0v) is 12.4. The molecular weight excluding hydrogens is 304 g/mol. The van der Waals surface area contributed by atoms with Crippen LogP contribution in [0.3, 0.4) is 0 Å². The molecule has 7 heteroatoms. The van der Waals surface area contributed by atoms with Crippen LogP contribution in [0.2, 0.25) is 5.02 Å². The van der Waals surface area contributed by atoms with Crippen LogP contribution < -0.4 is 10.8 Å². The number of aryl methyl sites for hydroxylation is 1. The average Bonchev–Trinajstić information content (AvgIpc) is 2.88. The quantitative estimate of drug-likeness (QED) is 0.440. The number of aromatic amines is 1. The van der Waals surface area contributed by atoms with Gasteiger partial charge in [-0.3, -0.25) is 10.0 Å². The number of halogens is 1. The number of anilines is 2. The van der Waals surface area contributed by atoms with Crippen molar-refractivity contribution in [2.75, 3.05) is 5.32 Å². The second kappa shape index (κ2) is 5.67. The van der Waals surface area contributed by atoms with E-state index in [1.165, 1.54) is 0 Å². The average molecular weight is 317 g/mol. The highest BCUT2D eigenvalue weighted by Crippen LogP contribution is 2.24. The predicted octanol–water partition coefficient (Wildman–Crippen LogP) is 3.39. The minimum atomic E-state index is -0.573. The lowest BCUT2D eigenvalue weighted by molar-refractivity contribution is 0.0706. The van der Waals surface area contributed by atoms with Gasteiger partial charge in [-0.15, -0.1) is 0 Å². The van der Waals surface area contributed by atoms with E-state index in [0.29, 0.717) is 22.2 Å². The first-order chi connectivity index (χ1) is 10.6. The maximum absolute atomic E-state index is 11.4. The maximum atomic E-state index is 11.4. The van der Waals surface area contributed by atoms with E-state index in [2.05, 4.69) is 15.3 Å². The molecule has 0 aliphatic carbocycles. The van der Waals surface area contributed by atoms with Crippen molar-refractivity contribution in [2.24, 2.45) is 0 Å². The fourth-order valence-electron chi connectivity index (χ4n) is 2.14. The Hall–Kier alpha value is -2.57. The largest absolute Gasteiger partial charge is 0.326 e. The maximum Gasteiger partial charge on any atom is 0.274 e. The van der Waals surface area contributed by atoms with Crippen molar-refractivity contribution < 1.29 is 10.0 Å². The van der Waals surface area contributed by atoms with E-state index < -0.39 is 5.91 Å². The SMILES string of the molecule is Cc1cc2[nH]c(Nc3cccc(C(=O)NO)c3)nc2cc1Cl. The molecule has 1 amide bonds. The number of nitrogens with one attached hydrogen (secondary N) is 3. The van der Waals surface area contributed by atoms with Crippen LogP contribution in [0, 0.1) is 6.92 Å². The van der Waals surface area contributed by atoms with Gasteiger partial charge in [0.05, 0.1) is 11.0 Å². The number of carbonyl (C=O) groups is 1. The third kappa shape index (κ3) is 2.74. The van der Waals surface area contributed by atoms with E-state index in [4.69, 9.17) is 16.8 Å². The lowest BCUT2D eigenvalue weighted by atomic mass is 10.2. The summed E-state index contributed by atoms with van der Waals surface area (Å²) >= 11 is 6.09. The number of imidazole rings is 1. The second-order valence-electron chi connectivity index (χ2n) is 4.85. The molecule has 0 atom stereocenters. The first-order valence-electron chi connectivity index (χ1n) is 6.54. The second-order valence-corrected chi connectivity index (χ2v) is 5.26. The van der Waals surface area contributed by atoms with Gasteiger partial charge in [0.25, 0.3) is 5.91 Å². The smallest absolute Gasteiger partial charge is 0.274 e. The molecule has 22 heavy (non-hydrogen) atoms. The van der Waals surface area contributed by atoms with Crippen LogP contribution in [0.25, 0.3) is 11.0 Å². The standard InChI is InChI=1S/C15H13ClN4O2/c1-8-5-12-13(7-11(8)16)19-15(18-12)17-10-4-2-3-9(6-10)14(21)20-22/h2-7,22H,1H3,(H,20,21)(H2,17,18,19). The molecule has 6 nitrogen and oxygen atoms in total. The summed E-state index contributed by atoms with van der Waals surface area (Å²) in [6, 6.07) is 10.4. The molecule has 0 spiro atoms. The van der Waals surface area contributed by atoms with Gasteiger partial charge in [-0.05, 0) is 42.8 Å². The zero-order valence-electron chi connectivity index (χ0n) is 11.6. The lowest BCUT2D eigenvalue weighted by Gasteiger charge is -2.04. The van der Waals surface area contributed by atoms with Gasteiger partial charge in [0, 0.05) is 16.3 Å². The minimum Gasteiger partial charge on any atom is -0.326 e. The summed E-state index contributed by atoms with van der Waals surface area (Å²) in [4.78, 5) is 19.0. The summed E-state index contributed by atoms with van der Waals surface area (Å²) in [5.41, 5.74) is 5.19. The van der Waals surface area contributed by atoms with E-state index in [1.54, 1.807) is 35.8 Å². The van der Waals surface area contributed by atoms with Crippen LogP contribution in [0.4, 0.5) is 11.6 Å². The van der Waals surface area contributed by atoms with Gasteiger partial charge >= 0.3 is 0 Å². The highest BCUT2D eigenvalue weighted by atomic mass is 35.5. The molecule has 0 aliphatic heterocycles. The predicted molar refractivity (Wildman–Crippen MR) is 84.8 cm³/mol. The van der Waals surface area contributed by atoms with Gasteiger partial charge in [-0.2, -0.15) is 0 Å². The number of amides is 1. The molecule has 0 saturated carbocycles. The lowest BCUT2D eigenvalue weighted by Crippen LogP contribution is -2.18. The van der Waals surface area contributed by atoms with Gasteiger partial charge in [-0.25, -0.2) is 10.5 Å². The van der Waals surface area contributed by atoms with Crippen molar-refractivity contribution in [3.8, 4) is 0 Å². The molecule has 3 rings (SSSR count). The van der Waals surface area contributed by atoms with Crippen molar-refractivity contribution in [2.45, 2.75) is 6.92 Å². The Kier molecular flexibility index (Phi) is 3.70. The Bertz CT molecular complexity index is 821. The summed E-state index contributed by atoms with van der Waals surface area (Å²) in [7, 11) is 0. The zero-order chi connectivity index (χ0) is 15.7. The number of hydroxylamine groups is 1. The van der Waals surface area contributed by atoms with E-state index in [9.17, 15) is 4.79 Å². The molecule has 0 radical (unpaired) electrons. The normalized spacial score (nSPS) is 10.7. The fourth-order valence-corrected chi connectivity index (χ4v) is 2.30. The first-order valence-corrected chi connectivity index (χ1v) is 6.92. The Morgan fingerprint density at radius 1 is 1.32 bits per heavy atom. The number of H-pyrrole nitrogens is 1. The van der Waals surface area contributed by atoms with Crippen LogP contribution in [0.15, 0.2) is 36.4 Å². The van der Waals surface area contributed by atoms with Crippen LogP contribution in [0.5, 0.6) is 0 Å². The number of carbonyl (C=O) groups excluding carboxylic acids is 1. The number of hydrogen-bond donors (Lipinski definition) is 4. The summed E-state index contributed by atoms with van der Waals surface area (Å²) < 4.78 is 0. The number of hydrogen-bond acceptors (Lipinski definition) is 4. The summed E-state index contributed by atoms with van der Waals surface area (Å²) in [6.07, 6.45) is 0. The summed E-state index contributed by atoms with van der Waals surface area (Å²) in [5.74, 6) is -0.0334. The van der Waals surface area contributed by atoms with E-state index in [1.807, 2.05) is 13.0 Å².